The molecule has 0 atom stereocenters. The average Bonchev–Trinajstić information content (AvgIpc) is 2.45. The number of hydrogen-bond donors (Lipinski definition) is 0. The molecule has 0 saturated heterocycles. The molecule has 0 aliphatic rings. The molecular formula is C18H36O2S. The van der Waals surface area contributed by atoms with Crippen molar-refractivity contribution in [3.63, 3.8) is 0 Å². The van der Waals surface area contributed by atoms with Gasteiger partial charge in [-0.2, -0.15) is 0 Å². The van der Waals surface area contributed by atoms with Crippen molar-refractivity contribution >= 4 is 17.7 Å². The van der Waals surface area contributed by atoms with Crippen molar-refractivity contribution in [1.82, 2.24) is 0 Å². The molecule has 126 valence electrons. The zero-order valence-corrected chi connectivity index (χ0v) is 15.5. The van der Waals surface area contributed by atoms with Crippen LogP contribution in [0.3, 0.4) is 0 Å². The van der Waals surface area contributed by atoms with Gasteiger partial charge in [0.15, 0.2) is 0 Å². The monoisotopic (exact) mass is 316 g/mol. The lowest BCUT2D eigenvalue weighted by Gasteiger charge is -2.21. The van der Waals surface area contributed by atoms with E-state index < -0.39 is 4.75 Å². The first kappa shape index (κ1) is 20.8. The van der Waals surface area contributed by atoms with Crippen molar-refractivity contribution in [3.8, 4) is 0 Å². The van der Waals surface area contributed by atoms with E-state index >= 15 is 0 Å². The maximum atomic E-state index is 11.7. The fraction of sp³-hybridized carbons (Fsp3) is 0.944. The Balaban J connectivity index is 3.37. The topological polar surface area (TPSA) is 26.3 Å². The maximum absolute atomic E-state index is 11.7. The van der Waals surface area contributed by atoms with Gasteiger partial charge in [-0.3, -0.25) is 4.79 Å². The van der Waals surface area contributed by atoms with Crippen molar-refractivity contribution < 1.29 is 9.53 Å². The van der Waals surface area contributed by atoms with E-state index in [1.54, 1.807) is 11.8 Å². The van der Waals surface area contributed by atoms with Gasteiger partial charge in [-0.15, -0.1) is 11.8 Å². The highest BCUT2D eigenvalue weighted by molar-refractivity contribution is 8.01. The Labute approximate surface area is 136 Å². The fourth-order valence-corrected chi connectivity index (χ4v) is 3.32. The molecule has 0 rings (SSSR count). The van der Waals surface area contributed by atoms with Gasteiger partial charge in [0.2, 0.25) is 0 Å². The molecule has 21 heavy (non-hydrogen) atoms. The predicted molar refractivity (Wildman–Crippen MR) is 95.0 cm³/mol. The minimum Gasteiger partial charge on any atom is -0.465 e. The summed E-state index contributed by atoms with van der Waals surface area (Å²) in [6, 6.07) is 0. The lowest BCUT2D eigenvalue weighted by molar-refractivity contribution is -0.145. The number of rotatable bonds is 14. The lowest BCUT2D eigenvalue weighted by Crippen LogP contribution is -2.30. The zero-order chi connectivity index (χ0) is 16.0. The Hall–Kier alpha value is -0.180. The van der Waals surface area contributed by atoms with E-state index in [2.05, 4.69) is 6.92 Å². The highest BCUT2D eigenvalue weighted by Gasteiger charge is 2.29. The summed E-state index contributed by atoms with van der Waals surface area (Å²) in [5.41, 5.74) is 0. The first-order chi connectivity index (χ1) is 10.0. The Kier molecular flexibility index (Phi) is 13.4. The molecular weight excluding hydrogens is 280 g/mol. The summed E-state index contributed by atoms with van der Waals surface area (Å²) in [6.45, 7) is 8.53. The summed E-state index contributed by atoms with van der Waals surface area (Å²) in [5, 5.41) is 0. The number of carbonyl (C=O) groups excluding carboxylic acids is 1. The zero-order valence-electron chi connectivity index (χ0n) is 14.7. The Bertz CT molecular complexity index is 252. The molecule has 0 aliphatic carbocycles. The highest BCUT2D eigenvalue weighted by atomic mass is 32.2. The van der Waals surface area contributed by atoms with Gasteiger partial charge < -0.3 is 4.74 Å². The van der Waals surface area contributed by atoms with E-state index in [0.717, 1.165) is 5.75 Å². The third-order valence-corrected chi connectivity index (χ3v) is 5.11. The van der Waals surface area contributed by atoms with Crippen LogP contribution in [0.5, 0.6) is 0 Å². The quantitative estimate of drug-likeness (QED) is 0.291. The van der Waals surface area contributed by atoms with Crippen LogP contribution in [0.4, 0.5) is 0 Å². The minimum atomic E-state index is -0.394. The van der Waals surface area contributed by atoms with Gasteiger partial charge in [-0.1, -0.05) is 64.7 Å². The van der Waals surface area contributed by atoms with Gasteiger partial charge in [0.1, 0.15) is 4.75 Å². The first-order valence-electron chi connectivity index (χ1n) is 8.85. The maximum Gasteiger partial charge on any atom is 0.321 e. The Morgan fingerprint density at radius 3 is 1.81 bits per heavy atom. The van der Waals surface area contributed by atoms with Crippen molar-refractivity contribution in [3.05, 3.63) is 0 Å². The van der Waals surface area contributed by atoms with E-state index in [1.807, 2.05) is 20.8 Å². The van der Waals surface area contributed by atoms with Crippen molar-refractivity contribution in [2.45, 2.75) is 96.7 Å². The predicted octanol–water partition coefficient (Wildman–Crippen LogP) is 5.98. The summed E-state index contributed by atoms with van der Waals surface area (Å²) >= 11 is 1.73. The minimum absolute atomic E-state index is 0.0814. The van der Waals surface area contributed by atoms with Crippen LogP contribution < -0.4 is 0 Å². The van der Waals surface area contributed by atoms with Gasteiger partial charge in [-0.05, 0) is 32.9 Å². The molecule has 3 heteroatoms. The lowest BCUT2D eigenvalue weighted by atomic mass is 10.1. The van der Waals surface area contributed by atoms with E-state index in [0.29, 0.717) is 6.61 Å². The third-order valence-electron chi connectivity index (χ3n) is 3.73. The van der Waals surface area contributed by atoms with Crippen LogP contribution in [0.25, 0.3) is 0 Å². The number of hydrogen-bond acceptors (Lipinski definition) is 3. The molecule has 0 spiro atoms. The number of esters is 1. The van der Waals surface area contributed by atoms with Crippen LogP contribution in [-0.2, 0) is 9.53 Å². The van der Waals surface area contributed by atoms with Crippen LogP contribution in [0.2, 0.25) is 0 Å². The summed E-state index contributed by atoms with van der Waals surface area (Å²) < 4.78 is 4.70. The summed E-state index contributed by atoms with van der Waals surface area (Å²) in [4.78, 5) is 11.7. The number of ether oxygens (including phenoxy) is 1. The Morgan fingerprint density at radius 2 is 1.33 bits per heavy atom. The van der Waals surface area contributed by atoms with Gasteiger partial charge in [-0.25, -0.2) is 0 Å². The van der Waals surface area contributed by atoms with E-state index in [1.165, 1.54) is 64.2 Å². The largest absolute Gasteiger partial charge is 0.465 e. The molecule has 0 heterocycles. The van der Waals surface area contributed by atoms with Crippen LogP contribution >= 0.6 is 11.8 Å². The van der Waals surface area contributed by atoms with Gasteiger partial charge in [0, 0.05) is 0 Å². The molecule has 0 amide bonds. The van der Waals surface area contributed by atoms with E-state index in [-0.39, 0.29) is 5.97 Å². The molecule has 0 aromatic heterocycles. The molecule has 0 bridgehead atoms. The second kappa shape index (κ2) is 13.5. The molecule has 0 aromatic carbocycles. The third kappa shape index (κ3) is 12.1. The summed E-state index contributed by atoms with van der Waals surface area (Å²) in [7, 11) is 0. The summed E-state index contributed by atoms with van der Waals surface area (Å²) in [5.74, 6) is 0.976. The smallest absolute Gasteiger partial charge is 0.321 e. The van der Waals surface area contributed by atoms with Gasteiger partial charge in [0.25, 0.3) is 0 Å². The van der Waals surface area contributed by atoms with Crippen molar-refractivity contribution in [1.29, 1.82) is 0 Å². The van der Waals surface area contributed by atoms with Gasteiger partial charge in [0.05, 0.1) is 6.61 Å². The molecule has 0 radical (unpaired) electrons. The normalized spacial score (nSPS) is 11.6. The number of carbonyl (C=O) groups is 1. The molecule has 0 aromatic rings. The molecule has 0 N–H and O–H groups in total. The molecule has 0 unspecified atom stereocenters. The number of thioether (sulfide) groups is 1. The number of unbranched alkanes of at least 4 members (excludes halogenated alkanes) is 9. The van der Waals surface area contributed by atoms with Crippen LogP contribution in [0.1, 0.15) is 91.9 Å². The summed E-state index contributed by atoms with van der Waals surface area (Å²) in [6.07, 6.45) is 13.6. The van der Waals surface area contributed by atoms with Crippen molar-refractivity contribution in [2.24, 2.45) is 0 Å². The van der Waals surface area contributed by atoms with Gasteiger partial charge >= 0.3 is 5.97 Å². The van der Waals surface area contributed by atoms with Crippen LogP contribution in [0, 0.1) is 0 Å². The molecule has 2 nitrogen and oxygen atoms in total. The second-order valence-corrected chi connectivity index (χ2v) is 7.98. The first-order valence-corrected chi connectivity index (χ1v) is 9.84. The van der Waals surface area contributed by atoms with E-state index in [4.69, 9.17) is 4.74 Å². The standard InChI is InChI=1S/C18H36O2S/c1-5-7-8-9-10-11-12-13-14-15-16-21-18(3,4)17(19)20-6-2/h5-16H2,1-4H3. The van der Waals surface area contributed by atoms with Crippen molar-refractivity contribution in [2.75, 3.05) is 12.4 Å². The molecule has 0 aliphatic heterocycles. The van der Waals surface area contributed by atoms with Crippen LogP contribution in [-0.4, -0.2) is 23.1 Å². The van der Waals surface area contributed by atoms with Crippen LogP contribution in [0.15, 0.2) is 0 Å². The highest BCUT2D eigenvalue weighted by Crippen LogP contribution is 2.27. The molecule has 0 saturated carbocycles. The average molecular weight is 317 g/mol. The Morgan fingerprint density at radius 1 is 0.857 bits per heavy atom. The SMILES string of the molecule is CCCCCCCCCCCCSC(C)(C)C(=O)OCC. The fourth-order valence-electron chi connectivity index (χ4n) is 2.28. The molecule has 0 fully saturated rings. The van der Waals surface area contributed by atoms with E-state index in [9.17, 15) is 4.79 Å². The second-order valence-electron chi connectivity index (χ2n) is 6.26.